The molecular weight excluding hydrogens is 412 g/mol. The number of aryl methyl sites for hydroxylation is 1. The van der Waals surface area contributed by atoms with E-state index in [0.29, 0.717) is 28.5 Å². The second-order valence-electron chi connectivity index (χ2n) is 6.75. The van der Waals surface area contributed by atoms with E-state index in [2.05, 4.69) is 10.6 Å². The van der Waals surface area contributed by atoms with Crippen molar-refractivity contribution in [2.45, 2.75) is 11.8 Å². The summed E-state index contributed by atoms with van der Waals surface area (Å²) in [5.41, 5.74) is 3.05. The van der Waals surface area contributed by atoms with Gasteiger partial charge >= 0.3 is 0 Å². The minimum absolute atomic E-state index is 0.0697. The van der Waals surface area contributed by atoms with E-state index in [0.717, 1.165) is 16.1 Å². The number of nitrogens with one attached hydrogen (secondary N) is 2. The molecule has 3 aromatic carbocycles. The van der Waals surface area contributed by atoms with Crippen molar-refractivity contribution in [1.29, 1.82) is 0 Å². The molecule has 0 spiro atoms. The van der Waals surface area contributed by atoms with Crippen LogP contribution in [0.1, 0.15) is 15.9 Å². The van der Waals surface area contributed by atoms with Crippen molar-refractivity contribution < 1.29 is 19.1 Å². The smallest absolute Gasteiger partial charge is 0.255 e. The molecule has 2 amide bonds. The fourth-order valence-electron chi connectivity index (χ4n) is 2.80. The number of rotatable bonds is 8. The van der Waals surface area contributed by atoms with Gasteiger partial charge in [-0.3, -0.25) is 9.59 Å². The van der Waals surface area contributed by atoms with E-state index < -0.39 is 0 Å². The molecule has 0 saturated heterocycles. The van der Waals surface area contributed by atoms with E-state index in [4.69, 9.17) is 9.47 Å². The Bertz CT molecular complexity index is 1050. The Labute approximate surface area is 186 Å². The number of thioether (sulfide) groups is 1. The van der Waals surface area contributed by atoms with Crippen molar-refractivity contribution in [2.24, 2.45) is 0 Å². The van der Waals surface area contributed by atoms with Crippen LogP contribution in [0.25, 0.3) is 0 Å². The Hall–Kier alpha value is -3.45. The first-order chi connectivity index (χ1) is 15.0. The van der Waals surface area contributed by atoms with Gasteiger partial charge in [-0.25, -0.2) is 0 Å². The first kappa shape index (κ1) is 22.2. The highest BCUT2D eigenvalue weighted by Gasteiger charge is 2.11. The van der Waals surface area contributed by atoms with Crippen LogP contribution in [0.3, 0.4) is 0 Å². The van der Waals surface area contributed by atoms with Gasteiger partial charge in [0.25, 0.3) is 5.91 Å². The largest absolute Gasteiger partial charge is 0.493 e. The summed E-state index contributed by atoms with van der Waals surface area (Å²) < 4.78 is 10.4. The van der Waals surface area contributed by atoms with Crippen molar-refractivity contribution in [2.75, 3.05) is 30.6 Å². The molecule has 6 nitrogen and oxygen atoms in total. The van der Waals surface area contributed by atoms with E-state index in [1.807, 2.05) is 43.3 Å². The number of methoxy groups -OCH3 is 2. The van der Waals surface area contributed by atoms with Crippen LogP contribution in [0.4, 0.5) is 11.4 Å². The van der Waals surface area contributed by atoms with E-state index in [1.165, 1.54) is 18.9 Å². The molecule has 0 aliphatic rings. The summed E-state index contributed by atoms with van der Waals surface area (Å²) in [4.78, 5) is 25.6. The number of benzene rings is 3. The maximum Gasteiger partial charge on any atom is 0.255 e. The monoisotopic (exact) mass is 436 g/mol. The normalized spacial score (nSPS) is 10.3. The van der Waals surface area contributed by atoms with Gasteiger partial charge in [0.15, 0.2) is 11.5 Å². The molecular formula is C24H24N2O4S. The van der Waals surface area contributed by atoms with Gasteiger partial charge in [0, 0.05) is 21.8 Å². The molecule has 0 bridgehead atoms. The first-order valence-electron chi connectivity index (χ1n) is 9.61. The molecule has 3 aromatic rings. The van der Waals surface area contributed by atoms with Crippen LogP contribution in [-0.2, 0) is 4.79 Å². The molecule has 2 N–H and O–H groups in total. The first-order valence-corrected chi connectivity index (χ1v) is 10.6. The minimum Gasteiger partial charge on any atom is -0.493 e. The third-order valence-corrected chi connectivity index (χ3v) is 5.48. The Kier molecular flexibility index (Phi) is 7.56. The average Bonchev–Trinajstić information content (AvgIpc) is 2.79. The standard InChI is InChI=1S/C24H24N2O4S/c1-16-4-7-18(8-5-16)25-23(27)15-31-20-11-9-19(10-12-20)26-24(28)17-6-13-21(29-2)22(14-17)30-3/h4-14H,15H2,1-3H3,(H,25,27)(H,26,28). The quantitative estimate of drug-likeness (QED) is 0.486. The van der Waals surface area contributed by atoms with Crippen molar-refractivity contribution in [1.82, 2.24) is 0 Å². The lowest BCUT2D eigenvalue weighted by molar-refractivity contribution is -0.113. The molecule has 7 heteroatoms. The highest BCUT2D eigenvalue weighted by atomic mass is 32.2. The van der Waals surface area contributed by atoms with E-state index in [9.17, 15) is 9.59 Å². The summed E-state index contributed by atoms with van der Waals surface area (Å²) in [5, 5.41) is 5.73. The zero-order valence-corrected chi connectivity index (χ0v) is 18.4. The van der Waals surface area contributed by atoms with Crippen molar-refractivity contribution in [3.63, 3.8) is 0 Å². The van der Waals surface area contributed by atoms with Crippen LogP contribution in [0.2, 0.25) is 0 Å². The number of hydrogen-bond donors (Lipinski definition) is 2. The molecule has 0 atom stereocenters. The Morgan fingerprint density at radius 1 is 0.806 bits per heavy atom. The molecule has 160 valence electrons. The van der Waals surface area contributed by atoms with Crippen LogP contribution in [-0.4, -0.2) is 31.8 Å². The summed E-state index contributed by atoms with van der Waals surface area (Å²) in [5.74, 6) is 1.03. The Morgan fingerprint density at radius 3 is 2.06 bits per heavy atom. The second-order valence-corrected chi connectivity index (χ2v) is 7.80. The van der Waals surface area contributed by atoms with Gasteiger partial charge in [-0.15, -0.1) is 11.8 Å². The summed E-state index contributed by atoms with van der Waals surface area (Å²) >= 11 is 1.43. The van der Waals surface area contributed by atoms with Crippen LogP contribution in [0.15, 0.2) is 71.6 Å². The van der Waals surface area contributed by atoms with Crippen molar-refractivity contribution in [3.05, 3.63) is 77.9 Å². The molecule has 3 rings (SSSR count). The average molecular weight is 437 g/mol. The maximum absolute atomic E-state index is 12.5. The summed E-state index contributed by atoms with van der Waals surface area (Å²) in [6.07, 6.45) is 0. The van der Waals surface area contributed by atoms with Gasteiger partial charge in [0.05, 0.1) is 20.0 Å². The molecule has 0 fully saturated rings. The van der Waals surface area contributed by atoms with E-state index in [1.54, 1.807) is 37.4 Å². The number of anilines is 2. The Balaban J connectivity index is 1.53. The van der Waals surface area contributed by atoms with Crippen molar-refractivity contribution in [3.8, 4) is 11.5 Å². The predicted octanol–water partition coefficient (Wildman–Crippen LogP) is 5.00. The lowest BCUT2D eigenvalue weighted by atomic mass is 10.2. The fraction of sp³-hybridized carbons (Fsp3) is 0.167. The lowest BCUT2D eigenvalue weighted by Gasteiger charge is -2.10. The molecule has 31 heavy (non-hydrogen) atoms. The van der Waals surface area contributed by atoms with Gasteiger partial charge in [-0.1, -0.05) is 17.7 Å². The second kappa shape index (κ2) is 10.5. The molecule has 0 saturated carbocycles. The Morgan fingerprint density at radius 2 is 1.42 bits per heavy atom. The summed E-state index contributed by atoms with van der Waals surface area (Å²) in [7, 11) is 3.07. The van der Waals surface area contributed by atoms with Gasteiger partial charge in [-0.2, -0.15) is 0 Å². The molecule has 0 heterocycles. The number of amides is 2. The highest BCUT2D eigenvalue weighted by Crippen LogP contribution is 2.28. The lowest BCUT2D eigenvalue weighted by Crippen LogP contribution is -2.14. The van der Waals surface area contributed by atoms with Crippen LogP contribution < -0.4 is 20.1 Å². The van der Waals surface area contributed by atoms with Crippen LogP contribution >= 0.6 is 11.8 Å². The van der Waals surface area contributed by atoms with Gasteiger partial charge in [0.2, 0.25) is 5.91 Å². The minimum atomic E-state index is -0.251. The molecule has 0 aliphatic carbocycles. The summed E-state index contributed by atoms with van der Waals surface area (Å²) in [6, 6.07) is 20.0. The van der Waals surface area contributed by atoms with Gasteiger partial charge in [0.1, 0.15) is 0 Å². The van der Waals surface area contributed by atoms with Crippen molar-refractivity contribution >= 4 is 35.0 Å². The predicted molar refractivity (Wildman–Crippen MR) is 124 cm³/mol. The number of ether oxygens (including phenoxy) is 2. The number of carbonyl (C=O) groups is 2. The SMILES string of the molecule is COc1ccc(C(=O)Nc2ccc(SCC(=O)Nc3ccc(C)cc3)cc2)cc1OC. The highest BCUT2D eigenvalue weighted by molar-refractivity contribution is 8.00. The fourth-order valence-corrected chi connectivity index (χ4v) is 3.50. The number of carbonyl (C=O) groups excluding carboxylic acids is 2. The van der Waals surface area contributed by atoms with Gasteiger partial charge < -0.3 is 20.1 Å². The molecule has 0 radical (unpaired) electrons. The third kappa shape index (κ3) is 6.26. The molecule has 0 aromatic heterocycles. The summed E-state index contributed by atoms with van der Waals surface area (Å²) in [6.45, 7) is 2.00. The van der Waals surface area contributed by atoms with Gasteiger partial charge in [-0.05, 0) is 61.5 Å². The topological polar surface area (TPSA) is 76.7 Å². The third-order valence-electron chi connectivity index (χ3n) is 4.46. The molecule has 0 aliphatic heterocycles. The van der Waals surface area contributed by atoms with E-state index >= 15 is 0 Å². The van der Waals surface area contributed by atoms with E-state index in [-0.39, 0.29) is 11.8 Å². The number of hydrogen-bond acceptors (Lipinski definition) is 5. The van der Waals surface area contributed by atoms with Crippen LogP contribution in [0, 0.1) is 6.92 Å². The molecule has 0 unspecified atom stereocenters. The zero-order chi connectivity index (χ0) is 22.2. The zero-order valence-electron chi connectivity index (χ0n) is 17.6. The van der Waals surface area contributed by atoms with Crippen LogP contribution in [0.5, 0.6) is 11.5 Å². The maximum atomic E-state index is 12.5.